The van der Waals surface area contributed by atoms with Crippen LogP contribution in [0.1, 0.15) is 11.3 Å². The molecule has 0 aliphatic carbocycles. The van der Waals surface area contributed by atoms with Crippen LogP contribution in [0.5, 0.6) is 0 Å². The van der Waals surface area contributed by atoms with E-state index in [1.807, 2.05) is 43.3 Å². The highest BCUT2D eigenvalue weighted by atomic mass is 79.9. The predicted octanol–water partition coefficient (Wildman–Crippen LogP) is 4.42. The number of anilines is 1. The molecular formula is C13H12BrClN2. The molecule has 0 saturated carbocycles. The number of aryl methyl sites for hydroxylation is 1. The number of aromatic nitrogens is 1. The van der Waals surface area contributed by atoms with Crippen molar-refractivity contribution >= 4 is 33.2 Å². The van der Waals surface area contributed by atoms with Crippen molar-refractivity contribution < 1.29 is 0 Å². The van der Waals surface area contributed by atoms with E-state index in [9.17, 15) is 0 Å². The van der Waals surface area contributed by atoms with E-state index in [4.69, 9.17) is 11.6 Å². The van der Waals surface area contributed by atoms with E-state index >= 15 is 0 Å². The third kappa shape index (κ3) is 3.45. The molecule has 17 heavy (non-hydrogen) atoms. The molecule has 1 heterocycles. The lowest BCUT2D eigenvalue weighted by Crippen LogP contribution is -2.02. The van der Waals surface area contributed by atoms with Gasteiger partial charge in [0.2, 0.25) is 0 Å². The van der Waals surface area contributed by atoms with Gasteiger partial charge >= 0.3 is 0 Å². The Morgan fingerprint density at radius 2 is 2.12 bits per heavy atom. The molecule has 0 radical (unpaired) electrons. The minimum Gasteiger partial charge on any atom is -0.380 e. The van der Waals surface area contributed by atoms with Crippen LogP contribution in [0.25, 0.3) is 0 Å². The minimum absolute atomic E-state index is 0.741. The summed E-state index contributed by atoms with van der Waals surface area (Å²) in [5.74, 6) is 0. The Bertz CT molecular complexity index is 529. The van der Waals surface area contributed by atoms with Crippen LogP contribution in [-0.2, 0) is 6.54 Å². The maximum Gasteiger partial charge on any atom is 0.106 e. The normalized spacial score (nSPS) is 10.3. The first kappa shape index (κ1) is 12.4. The smallest absolute Gasteiger partial charge is 0.106 e. The average Bonchev–Trinajstić information content (AvgIpc) is 2.28. The van der Waals surface area contributed by atoms with Crippen molar-refractivity contribution in [2.75, 3.05) is 5.32 Å². The SMILES string of the molecule is Cc1nc(Br)ccc1NCc1cccc(Cl)c1. The van der Waals surface area contributed by atoms with Gasteiger partial charge in [-0.15, -0.1) is 0 Å². The van der Waals surface area contributed by atoms with Gasteiger partial charge in [-0.05, 0) is 52.7 Å². The van der Waals surface area contributed by atoms with Crippen molar-refractivity contribution in [3.05, 3.63) is 57.3 Å². The van der Waals surface area contributed by atoms with Crippen LogP contribution < -0.4 is 5.32 Å². The van der Waals surface area contributed by atoms with Crippen molar-refractivity contribution in [2.45, 2.75) is 13.5 Å². The molecule has 0 unspecified atom stereocenters. The molecule has 2 aromatic rings. The van der Waals surface area contributed by atoms with E-state index in [0.717, 1.165) is 33.1 Å². The number of rotatable bonds is 3. The second kappa shape index (κ2) is 5.52. The summed E-state index contributed by atoms with van der Waals surface area (Å²) in [6, 6.07) is 11.8. The van der Waals surface area contributed by atoms with Crippen LogP contribution in [0.4, 0.5) is 5.69 Å². The first-order chi connectivity index (χ1) is 8.15. The van der Waals surface area contributed by atoms with Gasteiger partial charge in [-0.1, -0.05) is 23.7 Å². The lowest BCUT2D eigenvalue weighted by atomic mass is 10.2. The van der Waals surface area contributed by atoms with Gasteiger partial charge in [-0.3, -0.25) is 0 Å². The largest absolute Gasteiger partial charge is 0.380 e. The Morgan fingerprint density at radius 3 is 2.82 bits per heavy atom. The number of hydrogen-bond acceptors (Lipinski definition) is 2. The minimum atomic E-state index is 0.741. The third-order valence-corrected chi connectivity index (χ3v) is 3.10. The Hall–Kier alpha value is -1.06. The van der Waals surface area contributed by atoms with Gasteiger partial charge in [-0.2, -0.15) is 0 Å². The van der Waals surface area contributed by atoms with Crippen LogP contribution in [0.2, 0.25) is 5.02 Å². The zero-order chi connectivity index (χ0) is 12.3. The molecule has 0 aliphatic heterocycles. The molecule has 0 aliphatic rings. The van der Waals surface area contributed by atoms with E-state index in [0.29, 0.717) is 0 Å². The summed E-state index contributed by atoms with van der Waals surface area (Å²) in [6.45, 7) is 2.72. The molecule has 88 valence electrons. The number of nitrogens with one attached hydrogen (secondary N) is 1. The third-order valence-electron chi connectivity index (χ3n) is 2.42. The highest BCUT2D eigenvalue weighted by Crippen LogP contribution is 2.18. The maximum atomic E-state index is 5.93. The van der Waals surface area contributed by atoms with E-state index in [2.05, 4.69) is 26.2 Å². The molecule has 0 amide bonds. The van der Waals surface area contributed by atoms with E-state index in [-0.39, 0.29) is 0 Å². The average molecular weight is 312 g/mol. The van der Waals surface area contributed by atoms with Gasteiger partial charge in [0, 0.05) is 11.6 Å². The molecule has 0 saturated heterocycles. The van der Waals surface area contributed by atoms with Gasteiger partial charge in [0.05, 0.1) is 11.4 Å². The Labute approximate surface area is 114 Å². The molecule has 2 rings (SSSR count). The zero-order valence-electron chi connectivity index (χ0n) is 9.37. The first-order valence-electron chi connectivity index (χ1n) is 5.26. The van der Waals surface area contributed by atoms with Crippen LogP contribution in [0, 0.1) is 6.92 Å². The second-order valence-corrected chi connectivity index (χ2v) is 5.00. The first-order valence-corrected chi connectivity index (χ1v) is 6.44. The molecule has 0 spiro atoms. The fourth-order valence-corrected chi connectivity index (χ4v) is 2.17. The van der Waals surface area contributed by atoms with E-state index < -0.39 is 0 Å². The molecule has 0 atom stereocenters. The van der Waals surface area contributed by atoms with Crippen molar-refractivity contribution in [1.82, 2.24) is 4.98 Å². The fraction of sp³-hybridized carbons (Fsp3) is 0.154. The maximum absolute atomic E-state index is 5.93. The number of pyridine rings is 1. The summed E-state index contributed by atoms with van der Waals surface area (Å²) in [5.41, 5.74) is 3.16. The molecule has 1 N–H and O–H groups in total. The van der Waals surface area contributed by atoms with Crippen LogP contribution >= 0.6 is 27.5 Å². The summed E-state index contributed by atoms with van der Waals surface area (Å²) in [6.07, 6.45) is 0. The number of nitrogens with zero attached hydrogens (tertiary/aromatic N) is 1. The van der Waals surface area contributed by atoms with Crippen molar-refractivity contribution in [1.29, 1.82) is 0 Å². The van der Waals surface area contributed by atoms with Crippen molar-refractivity contribution in [3.8, 4) is 0 Å². The molecule has 1 aromatic heterocycles. The van der Waals surface area contributed by atoms with Gasteiger partial charge in [0.15, 0.2) is 0 Å². The van der Waals surface area contributed by atoms with Crippen LogP contribution in [-0.4, -0.2) is 4.98 Å². The molecule has 1 aromatic carbocycles. The summed E-state index contributed by atoms with van der Waals surface area (Å²) in [4.78, 5) is 4.33. The predicted molar refractivity (Wildman–Crippen MR) is 75.5 cm³/mol. The standard InChI is InChI=1S/C13H12BrClN2/c1-9-12(5-6-13(14)17-9)16-8-10-3-2-4-11(15)7-10/h2-7,16H,8H2,1H3. The lowest BCUT2D eigenvalue weighted by Gasteiger charge is -2.09. The second-order valence-electron chi connectivity index (χ2n) is 3.75. The molecule has 4 heteroatoms. The summed E-state index contributed by atoms with van der Waals surface area (Å²) < 4.78 is 0.850. The summed E-state index contributed by atoms with van der Waals surface area (Å²) >= 11 is 9.28. The molecular weight excluding hydrogens is 300 g/mol. The number of halogens is 2. The Balaban J connectivity index is 2.07. The van der Waals surface area contributed by atoms with Gasteiger partial charge in [-0.25, -0.2) is 4.98 Å². The fourth-order valence-electron chi connectivity index (χ4n) is 1.56. The van der Waals surface area contributed by atoms with Gasteiger partial charge in [0.1, 0.15) is 4.60 Å². The van der Waals surface area contributed by atoms with E-state index in [1.54, 1.807) is 0 Å². The summed E-state index contributed by atoms with van der Waals surface area (Å²) in [7, 11) is 0. The zero-order valence-corrected chi connectivity index (χ0v) is 11.7. The highest BCUT2D eigenvalue weighted by Gasteiger charge is 2.00. The quantitative estimate of drug-likeness (QED) is 0.849. The number of hydrogen-bond donors (Lipinski definition) is 1. The molecule has 2 nitrogen and oxygen atoms in total. The summed E-state index contributed by atoms with van der Waals surface area (Å²) in [5, 5.41) is 4.10. The van der Waals surface area contributed by atoms with Crippen molar-refractivity contribution in [3.63, 3.8) is 0 Å². The van der Waals surface area contributed by atoms with Crippen LogP contribution in [0.3, 0.4) is 0 Å². The van der Waals surface area contributed by atoms with E-state index in [1.165, 1.54) is 0 Å². The molecule has 0 bridgehead atoms. The van der Waals surface area contributed by atoms with Gasteiger partial charge in [0.25, 0.3) is 0 Å². The van der Waals surface area contributed by atoms with Crippen LogP contribution in [0.15, 0.2) is 41.0 Å². The van der Waals surface area contributed by atoms with Gasteiger partial charge < -0.3 is 5.32 Å². The topological polar surface area (TPSA) is 24.9 Å². The monoisotopic (exact) mass is 310 g/mol. The Kier molecular flexibility index (Phi) is 4.02. The molecule has 0 fully saturated rings. The van der Waals surface area contributed by atoms with Crippen molar-refractivity contribution in [2.24, 2.45) is 0 Å². The number of benzene rings is 1. The highest BCUT2D eigenvalue weighted by molar-refractivity contribution is 9.10. The lowest BCUT2D eigenvalue weighted by molar-refractivity contribution is 1.10. The Morgan fingerprint density at radius 1 is 1.29 bits per heavy atom.